The Morgan fingerprint density at radius 2 is 1.66 bits per heavy atom. The van der Waals surface area contributed by atoms with Crippen molar-refractivity contribution in [2.75, 3.05) is 79.3 Å². The highest BCUT2D eigenvalue weighted by atomic mass is 35.5. The predicted molar refractivity (Wildman–Crippen MR) is 185 cm³/mol. The van der Waals surface area contributed by atoms with E-state index >= 15 is 0 Å². The summed E-state index contributed by atoms with van der Waals surface area (Å²) < 4.78 is 16.3. The maximum atomic E-state index is 13.7. The van der Waals surface area contributed by atoms with Crippen molar-refractivity contribution in [1.29, 1.82) is 0 Å². The minimum atomic E-state index is -0.678. The maximum Gasteiger partial charge on any atom is 0.412 e. The molecule has 0 saturated carbocycles. The summed E-state index contributed by atoms with van der Waals surface area (Å²) in [6, 6.07) is 6.92. The second-order valence-electron chi connectivity index (χ2n) is 12.1. The van der Waals surface area contributed by atoms with Gasteiger partial charge >= 0.3 is 12.1 Å². The lowest BCUT2D eigenvalue weighted by molar-refractivity contribution is 0.0636. The van der Waals surface area contributed by atoms with Crippen molar-refractivity contribution in [2.45, 2.75) is 39.8 Å². The summed E-state index contributed by atoms with van der Waals surface area (Å²) in [4.78, 5) is 43.2. The van der Waals surface area contributed by atoms with Gasteiger partial charge in [0.25, 0.3) is 0 Å². The number of halogens is 2. The SMILES string of the molecule is CCN1CCN(c2ccc(Nc3ncc4c(n3)N(C)C(=O)N(c3c(Cl)c(OC)cc(OC)c3Cl)C4)c(NC(=O)OC(C)(C)C)c2)CC1. The molecule has 1 aromatic heterocycles. The molecule has 1 fully saturated rings. The number of rotatable bonds is 8. The Kier molecular flexibility index (Phi) is 10.1. The summed E-state index contributed by atoms with van der Waals surface area (Å²) in [5.74, 6) is 1.25. The molecule has 2 aromatic carbocycles. The molecule has 252 valence electrons. The van der Waals surface area contributed by atoms with Gasteiger partial charge in [-0.05, 0) is 45.5 Å². The number of urea groups is 1. The second-order valence-corrected chi connectivity index (χ2v) is 12.9. The number of amides is 3. The topological polar surface area (TPSA) is 125 Å². The van der Waals surface area contributed by atoms with Crippen molar-refractivity contribution in [3.63, 3.8) is 0 Å². The third kappa shape index (κ3) is 7.37. The molecule has 1 saturated heterocycles. The summed E-state index contributed by atoms with van der Waals surface area (Å²) in [6.07, 6.45) is 1.04. The molecule has 47 heavy (non-hydrogen) atoms. The van der Waals surface area contributed by atoms with Crippen molar-refractivity contribution < 1.29 is 23.8 Å². The number of aromatic nitrogens is 2. The van der Waals surface area contributed by atoms with Crippen LogP contribution in [-0.4, -0.2) is 86.6 Å². The van der Waals surface area contributed by atoms with Crippen LogP contribution in [0.15, 0.2) is 30.5 Å². The largest absolute Gasteiger partial charge is 0.495 e. The molecular weight excluding hydrogens is 647 g/mol. The van der Waals surface area contributed by atoms with E-state index in [0.29, 0.717) is 34.3 Å². The van der Waals surface area contributed by atoms with Crippen LogP contribution in [-0.2, 0) is 11.3 Å². The number of anilines is 6. The van der Waals surface area contributed by atoms with Crippen molar-refractivity contribution in [3.05, 3.63) is 46.1 Å². The zero-order valence-corrected chi connectivity index (χ0v) is 29.1. The van der Waals surface area contributed by atoms with Gasteiger partial charge in [-0.15, -0.1) is 0 Å². The van der Waals surface area contributed by atoms with Crippen molar-refractivity contribution in [1.82, 2.24) is 14.9 Å². The van der Waals surface area contributed by atoms with Crippen LogP contribution >= 0.6 is 23.2 Å². The molecular formula is C32H40Cl2N8O5. The molecule has 3 heterocycles. The predicted octanol–water partition coefficient (Wildman–Crippen LogP) is 6.61. The minimum absolute atomic E-state index is 0.0972. The van der Waals surface area contributed by atoms with Gasteiger partial charge in [0, 0.05) is 56.7 Å². The summed E-state index contributed by atoms with van der Waals surface area (Å²) in [6.45, 7) is 12.4. The number of fused-ring (bicyclic) bond motifs is 1. The van der Waals surface area contributed by atoms with E-state index in [0.717, 1.165) is 38.4 Å². The first-order valence-corrected chi connectivity index (χ1v) is 16.0. The summed E-state index contributed by atoms with van der Waals surface area (Å²) in [5, 5.41) is 6.44. The van der Waals surface area contributed by atoms with Gasteiger partial charge in [0.1, 0.15) is 33.0 Å². The number of nitrogens with zero attached hydrogens (tertiary/aromatic N) is 6. The molecule has 2 aliphatic rings. The molecule has 13 nitrogen and oxygen atoms in total. The lowest BCUT2D eigenvalue weighted by Crippen LogP contribution is -2.46. The monoisotopic (exact) mass is 686 g/mol. The fourth-order valence-corrected chi connectivity index (χ4v) is 6.16. The number of piperazine rings is 1. The summed E-state index contributed by atoms with van der Waals surface area (Å²) in [5.41, 5.74) is 2.26. The molecule has 0 aliphatic carbocycles. The molecule has 3 amide bonds. The first kappa shape index (κ1) is 34.1. The van der Waals surface area contributed by atoms with Gasteiger partial charge in [-0.2, -0.15) is 4.98 Å². The van der Waals surface area contributed by atoms with Crippen LogP contribution in [0.3, 0.4) is 0 Å². The van der Waals surface area contributed by atoms with Crippen LogP contribution in [0.5, 0.6) is 11.5 Å². The number of carbonyl (C=O) groups is 2. The Morgan fingerprint density at radius 3 is 2.26 bits per heavy atom. The fourth-order valence-electron chi connectivity index (χ4n) is 5.45. The highest BCUT2D eigenvalue weighted by Crippen LogP contribution is 2.48. The Bertz CT molecular complexity index is 1630. The number of likely N-dealkylation sites (N-methyl/N-ethyl adjacent to an activating group) is 1. The van der Waals surface area contributed by atoms with E-state index in [1.54, 1.807) is 19.3 Å². The first-order chi connectivity index (χ1) is 22.3. The number of ether oxygens (including phenoxy) is 3. The van der Waals surface area contributed by atoms with Crippen LogP contribution in [0, 0.1) is 0 Å². The molecule has 0 atom stereocenters. The van der Waals surface area contributed by atoms with Crippen LogP contribution < -0.4 is 34.8 Å². The molecule has 2 aliphatic heterocycles. The lowest BCUT2D eigenvalue weighted by Gasteiger charge is -2.36. The van der Waals surface area contributed by atoms with Crippen LogP contribution in [0.25, 0.3) is 0 Å². The minimum Gasteiger partial charge on any atom is -0.495 e. The van der Waals surface area contributed by atoms with E-state index in [4.69, 9.17) is 37.4 Å². The van der Waals surface area contributed by atoms with Crippen molar-refractivity contribution >= 4 is 69.8 Å². The Labute approximate surface area is 284 Å². The average Bonchev–Trinajstić information content (AvgIpc) is 3.03. The quantitative estimate of drug-likeness (QED) is 0.267. The second kappa shape index (κ2) is 13.9. The zero-order valence-electron chi connectivity index (χ0n) is 27.6. The van der Waals surface area contributed by atoms with Crippen molar-refractivity contribution in [2.24, 2.45) is 0 Å². The molecule has 0 radical (unpaired) electrons. The third-order valence-corrected chi connectivity index (χ3v) is 8.63. The van der Waals surface area contributed by atoms with E-state index < -0.39 is 17.7 Å². The van der Waals surface area contributed by atoms with Crippen LogP contribution in [0.1, 0.15) is 33.3 Å². The van der Waals surface area contributed by atoms with Crippen molar-refractivity contribution in [3.8, 4) is 11.5 Å². The number of nitrogens with one attached hydrogen (secondary N) is 2. The normalized spacial score (nSPS) is 15.3. The molecule has 0 bridgehead atoms. The smallest absolute Gasteiger partial charge is 0.412 e. The summed E-state index contributed by atoms with van der Waals surface area (Å²) in [7, 11) is 4.54. The van der Waals surface area contributed by atoms with Gasteiger partial charge in [0.15, 0.2) is 0 Å². The number of hydrogen-bond donors (Lipinski definition) is 2. The average molecular weight is 688 g/mol. The van der Waals surface area contributed by atoms with E-state index in [1.165, 1.54) is 24.0 Å². The van der Waals surface area contributed by atoms with Gasteiger partial charge in [0.2, 0.25) is 5.95 Å². The van der Waals surface area contributed by atoms with Gasteiger partial charge in [-0.3, -0.25) is 15.1 Å². The van der Waals surface area contributed by atoms with E-state index in [9.17, 15) is 9.59 Å². The zero-order chi connectivity index (χ0) is 34.0. The van der Waals surface area contributed by atoms with Gasteiger partial charge in [-0.25, -0.2) is 14.6 Å². The standard InChI is InChI=1S/C32H40Cl2N8O5/c1-8-40-11-13-41(14-12-40)20-9-10-21(22(15-20)37-30(43)47-32(2,3)4)36-29-35-17-19-18-42(31(44)39(5)28(19)38-29)27-25(33)23(45-6)16-24(46-7)26(27)34/h9-10,15-17H,8,11-14,18H2,1-7H3,(H,37,43)(H,35,36,38). The summed E-state index contributed by atoms with van der Waals surface area (Å²) >= 11 is 13.3. The molecule has 0 spiro atoms. The Morgan fingerprint density at radius 1 is 1.00 bits per heavy atom. The van der Waals surface area contributed by atoms with E-state index in [-0.39, 0.29) is 28.2 Å². The maximum absolute atomic E-state index is 13.7. The Balaban J connectivity index is 1.44. The third-order valence-electron chi connectivity index (χ3n) is 7.90. The molecule has 5 rings (SSSR count). The highest BCUT2D eigenvalue weighted by molar-refractivity contribution is 6.42. The Hall–Kier alpha value is -4.20. The molecule has 3 aromatic rings. The van der Waals surface area contributed by atoms with Gasteiger partial charge in [0.05, 0.1) is 37.8 Å². The number of benzene rings is 2. The fraction of sp³-hybridized carbons (Fsp3) is 0.438. The lowest BCUT2D eigenvalue weighted by atomic mass is 10.1. The van der Waals surface area contributed by atoms with Crippen LogP contribution in [0.2, 0.25) is 10.0 Å². The molecule has 15 heteroatoms. The van der Waals surface area contributed by atoms with E-state index in [1.807, 2.05) is 39.0 Å². The van der Waals surface area contributed by atoms with Gasteiger partial charge < -0.3 is 29.3 Å². The highest BCUT2D eigenvalue weighted by Gasteiger charge is 2.35. The van der Waals surface area contributed by atoms with E-state index in [2.05, 4.69) is 37.3 Å². The first-order valence-electron chi connectivity index (χ1n) is 15.2. The molecule has 2 N–H and O–H groups in total. The molecule has 0 unspecified atom stereocenters. The van der Waals surface area contributed by atoms with Gasteiger partial charge in [-0.1, -0.05) is 30.1 Å². The number of methoxy groups -OCH3 is 2. The number of hydrogen-bond acceptors (Lipinski definition) is 10. The van der Waals surface area contributed by atoms with Crippen LogP contribution in [0.4, 0.5) is 44.1 Å². The number of carbonyl (C=O) groups excluding carboxylic acids is 2.